The lowest BCUT2D eigenvalue weighted by Crippen LogP contribution is -2.31. The molecule has 2 rings (SSSR count). The maximum absolute atomic E-state index is 12.8. The third-order valence-electron chi connectivity index (χ3n) is 3.44. The van der Waals surface area contributed by atoms with E-state index in [0.29, 0.717) is 12.1 Å². The smallest absolute Gasteiger partial charge is 0.258 e. The maximum atomic E-state index is 12.8. The second kappa shape index (κ2) is 7.90. The Morgan fingerprint density at radius 1 is 1.17 bits per heavy atom. The Morgan fingerprint density at radius 2 is 1.88 bits per heavy atom. The first-order chi connectivity index (χ1) is 11.5. The Hall–Kier alpha value is -2.44. The zero-order chi connectivity index (χ0) is 17.6. The van der Waals surface area contributed by atoms with Gasteiger partial charge in [0.25, 0.3) is 5.91 Å². The fourth-order valence-corrected chi connectivity index (χ4v) is 3.30. The molecule has 0 saturated carbocycles. The fraction of sp³-hybridized carbons (Fsp3) is 0.167. The topological polar surface area (TPSA) is 66.5 Å². The third-order valence-corrected chi connectivity index (χ3v) is 4.86. The van der Waals surface area contributed by atoms with Crippen LogP contribution in [0.5, 0.6) is 0 Å². The lowest BCUT2D eigenvalue weighted by atomic mass is 10.2. The molecule has 0 aliphatic rings. The van der Waals surface area contributed by atoms with E-state index >= 15 is 0 Å². The number of nitrogens with zero attached hydrogens (tertiary/aromatic N) is 1. The number of hydrogen-bond donors (Lipinski definition) is 1. The van der Waals surface area contributed by atoms with Crippen molar-refractivity contribution >= 4 is 21.6 Å². The van der Waals surface area contributed by atoms with Crippen molar-refractivity contribution in [1.29, 1.82) is 0 Å². The Bertz CT molecular complexity index is 817. The van der Waals surface area contributed by atoms with E-state index in [-0.39, 0.29) is 17.3 Å². The zero-order valence-corrected chi connectivity index (χ0v) is 14.3. The molecule has 2 aromatic rings. The molecule has 0 aromatic heterocycles. The van der Waals surface area contributed by atoms with Crippen LogP contribution in [0.15, 0.2) is 72.1 Å². The minimum atomic E-state index is -3.67. The molecular formula is C18H20N2O3S. The van der Waals surface area contributed by atoms with Gasteiger partial charge in [-0.05, 0) is 37.3 Å². The van der Waals surface area contributed by atoms with E-state index in [2.05, 4.69) is 11.3 Å². The van der Waals surface area contributed by atoms with Crippen LogP contribution in [0.25, 0.3) is 0 Å². The van der Waals surface area contributed by atoms with E-state index in [1.165, 1.54) is 18.2 Å². The highest BCUT2D eigenvalue weighted by atomic mass is 32.2. The SMILES string of the molecule is C=CCNS(=O)(=O)c1cccc(C(=O)N(CC)c2ccccc2)c1. The number of amides is 1. The molecule has 0 fully saturated rings. The van der Waals surface area contributed by atoms with Gasteiger partial charge in [-0.1, -0.05) is 30.3 Å². The van der Waals surface area contributed by atoms with Gasteiger partial charge in [0, 0.05) is 24.3 Å². The molecule has 0 radical (unpaired) electrons. The summed E-state index contributed by atoms with van der Waals surface area (Å²) in [5, 5.41) is 0. The van der Waals surface area contributed by atoms with E-state index < -0.39 is 10.0 Å². The first kappa shape index (κ1) is 17.9. The van der Waals surface area contributed by atoms with Crippen molar-refractivity contribution in [2.24, 2.45) is 0 Å². The molecule has 0 spiro atoms. The molecule has 0 bridgehead atoms. The summed E-state index contributed by atoms with van der Waals surface area (Å²) in [6.07, 6.45) is 1.46. The number of sulfonamides is 1. The number of benzene rings is 2. The van der Waals surface area contributed by atoms with E-state index in [0.717, 1.165) is 5.69 Å². The summed E-state index contributed by atoms with van der Waals surface area (Å²) in [4.78, 5) is 14.4. The van der Waals surface area contributed by atoms with E-state index in [1.54, 1.807) is 17.0 Å². The van der Waals surface area contributed by atoms with Gasteiger partial charge in [-0.25, -0.2) is 13.1 Å². The van der Waals surface area contributed by atoms with Crippen molar-refractivity contribution in [3.05, 3.63) is 72.8 Å². The summed E-state index contributed by atoms with van der Waals surface area (Å²) in [5.74, 6) is -0.246. The Balaban J connectivity index is 2.33. The van der Waals surface area contributed by atoms with Crippen molar-refractivity contribution in [2.45, 2.75) is 11.8 Å². The summed E-state index contributed by atoms with van der Waals surface area (Å²) < 4.78 is 26.8. The van der Waals surface area contributed by atoms with Gasteiger partial charge < -0.3 is 4.90 Å². The Morgan fingerprint density at radius 3 is 2.50 bits per heavy atom. The van der Waals surface area contributed by atoms with Crippen LogP contribution in [0, 0.1) is 0 Å². The van der Waals surface area contributed by atoms with E-state index in [4.69, 9.17) is 0 Å². The van der Waals surface area contributed by atoms with Gasteiger partial charge in [-0.2, -0.15) is 0 Å². The number of carbonyl (C=O) groups excluding carboxylic acids is 1. The van der Waals surface area contributed by atoms with Crippen LogP contribution < -0.4 is 9.62 Å². The van der Waals surface area contributed by atoms with E-state index in [9.17, 15) is 13.2 Å². The summed E-state index contributed by atoms with van der Waals surface area (Å²) in [6.45, 7) is 5.97. The molecule has 0 heterocycles. The fourth-order valence-electron chi connectivity index (χ4n) is 2.26. The van der Waals surface area contributed by atoms with Crippen LogP contribution in [0.4, 0.5) is 5.69 Å². The van der Waals surface area contributed by atoms with Crippen molar-refractivity contribution in [1.82, 2.24) is 4.72 Å². The number of para-hydroxylation sites is 1. The van der Waals surface area contributed by atoms with Crippen LogP contribution in [0.3, 0.4) is 0 Å². The lowest BCUT2D eigenvalue weighted by Gasteiger charge is -2.21. The Kier molecular flexibility index (Phi) is 5.89. The molecule has 6 heteroatoms. The molecule has 5 nitrogen and oxygen atoms in total. The van der Waals surface area contributed by atoms with Crippen LogP contribution >= 0.6 is 0 Å². The minimum absolute atomic E-state index is 0.0549. The van der Waals surface area contributed by atoms with Gasteiger partial charge in [0.1, 0.15) is 0 Å². The van der Waals surface area contributed by atoms with Gasteiger partial charge in [0.15, 0.2) is 0 Å². The van der Waals surface area contributed by atoms with Crippen LogP contribution in [0.2, 0.25) is 0 Å². The maximum Gasteiger partial charge on any atom is 0.258 e. The summed E-state index contributed by atoms with van der Waals surface area (Å²) in [7, 11) is -3.67. The van der Waals surface area contributed by atoms with Crippen molar-refractivity contribution in [2.75, 3.05) is 18.0 Å². The quantitative estimate of drug-likeness (QED) is 0.786. The molecule has 0 aliphatic heterocycles. The monoisotopic (exact) mass is 344 g/mol. The van der Waals surface area contributed by atoms with Crippen LogP contribution in [-0.2, 0) is 10.0 Å². The molecule has 0 saturated heterocycles. The largest absolute Gasteiger partial charge is 0.309 e. The minimum Gasteiger partial charge on any atom is -0.309 e. The molecule has 0 aliphatic carbocycles. The standard InChI is InChI=1S/C18H20N2O3S/c1-3-13-19-24(22,23)17-12-8-9-15(14-17)18(21)20(4-2)16-10-6-5-7-11-16/h3,5-12,14,19H,1,4,13H2,2H3. The zero-order valence-electron chi connectivity index (χ0n) is 13.5. The first-order valence-electron chi connectivity index (χ1n) is 7.57. The molecule has 0 unspecified atom stereocenters. The number of carbonyl (C=O) groups is 1. The van der Waals surface area contributed by atoms with Crippen molar-refractivity contribution in [3.8, 4) is 0 Å². The Labute approximate surface area is 142 Å². The second-order valence-electron chi connectivity index (χ2n) is 5.05. The van der Waals surface area contributed by atoms with Gasteiger partial charge in [0.05, 0.1) is 4.90 Å². The van der Waals surface area contributed by atoms with Crippen molar-refractivity contribution < 1.29 is 13.2 Å². The number of nitrogens with one attached hydrogen (secondary N) is 1. The highest BCUT2D eigenvalue weighted by molar-refractivity contribution is 7.89. The molecule has 2 aromatic carbocycles. The molecule has 126 valence electrons. The van der Waals surface area contributed by atoms with Gasteiger partial charge in [-0.15, -0.1) is 6.58 Å². The molecule has 1 amide bonds. The number of hydrogen-bond acceptors (Lipinski definition) is 3. The predicted octanol–water partition coefficient (Wildman–Crippen LogP) is 2.82. The lowest BCUT2D eigenvalue weighted by molar-refractivity contribution is 0.0988. The number of rotatable bonds is 7. The van der Waals surface area contributed by atoms with Gasteiger partial charge in [0.2, 0.25) is 10.0 Å². The molecule has 1 N–H and O–H groups in total. The first-order valence-corrected chi connectivity index (χ1v) is 9.05. The van der Waals surface area contributed by atoms with Crippen LogP contribution in [0.1, 0.15) is 17.3 Å². The highest BCUT2D eigenvalue weighted by Crippen LogP contribution is 2.18. The molecule has 0 atom stereocenters. The van der Waals surface area contributed by atoms with Gasteiger partial charge in [-0.3, -0.25) is 4.79 Å². The summed E-state index contributed by atoms with van der Waals surface area (Å²) >= 11 is 0. The molecule has 24 heavy (non-hydrogen) atoms. The van der Waals surface area contributed by atoms with Crippen molar-refractivity contribution in [3.63, 3.8) is 0 Å². The van der Waals surface area contributed by atoms with E-state index in [1.807, 2.05) is 37.3 Å². The van der Waals surface area contributed by atoms with Crippen LogP contribution in [-0.4, -0.2) is 27.4 Å². The number of anilines is 1. The normalized spacial score (nSPS) is 11.0. The average Bonchev–Trinajstić information content (AvgIpc) is 2.61. The summed E-state index contributed by atoms with van der Waals surface area (Å²) in [6, 6.07) is 15.3. The highest BCUT2D eigenvalue weighted by Gasteiger charge is 2.19. The predicted molar refractivity (Wildman–Crippen MR) is 95.6 cm³/mol. The molecular weight excluding hydrogens is 324 g/mol. The summed E-state index contributed by atoms with van der Waals surface area (Å²) in [5.41, 5.74) is 1.09. The second-order valence-corrected chi connectivity index (χ2v) is 6.82. The van der Waals surface area contributed by atoms with Gasteiger partial charge >= 0.3 is 0 Å². The average molecular weight is 344 g/mol. The third kappa shape index (κ3) is 4.10.